The number of carbonyl (C=O) groups is 2. The molecule has 0 N–H and O–H groups in total. The number of likely N-dealkylation sites (tertiary alicyclic amines) is 1. The number of methoxy groups -OCH3 is 1. The van der Waals surface area contributed by atoms with E-state index in [0.29, 0.717) is 0 Å². The number of benzene rings is 1. The van der Waals surface area contributed by atoms with Crippen LogP contribution in [0.15, 0.2) is 24.3 Å². The van der Waals surface area contributed by atoms with Crippen LogP contribution in [0.25, 0.3) is 0 Å². The minimum atomic E-state index is -0.381. The first-order chi connectivity index (χ1) is 10.7. The van der Waals surface area contributed by atoms with Gasteiger partial charge < -0.3 is 14.4 Å². The molecule has 0 atom stereocenters. The van der Waals surface area contributed by atoms with E-state index in [1.165, 1.54) is 12.8 Å². The van der Waals surface area contributed by atoms with Crippen molar-refractivity contribution >= 4 is 11.9 Å². The lowest BCUT2D eigenvalue weighted by atomic mass is 10.1. The molecule has 1 aliphatic rings. The van der Waals surface area contributed by atoms with Gasteiger partial charge in [0.1, 0.15) is 5.75 Å². The average Bonchev–Trinajstić information content (AvgIpc) is 2.82. The maximum atomic E-state index is 12.0. The molecule has 1 heterocycles. The van der Waals surface area contributed by atoms with E-state index in [2.05, 4.69) is 0 Å². The molecule has 0 unspecified atom stereocenters. The number of rotatable bonds is 5. The molecule has 0 spiro atoms. The zero-order valence-electron chi connectivity index (χ0n) is 13.0. The molecule has 0 bridgehead atoms. The smallest absolute Gasteiger partial charge is 0.310 e. The third kappa shape index (κ3) is 5.06. The summed E-state index contributed by atoms with van der Waals surface area (Å²) in [6, 6.07) is 7.23. The molecule has 1 fully saturated rings. The molecule has 5 heteroatoms. The van der Waals surface area contributed by atoms with Gasteiger partial charge in [-0.05, 0) is 30.5 Å². The van der Waals surface area contributed by atoms with Crippen molar-refractivity contribution in [3.63, 3.8) is 0 Å². The highest BCUT2D eigenvalue weighted by Gasteiger charge is 2.17. The summed E-state index contributed by atoms with van der Waals surface area (Å²) in [4.78, 5) is 25.6. The van der Waals surface area contributed by atoms with Crippen LogP contribution in [0.3, 0.4) is 0 Å². The van der Waals surface area contributed by atoms with Gasteiger partial charge in [-0.3, -0.25) is 9.59 Å². The highest BCUT2D eigenvalue weighted by Crippen LogP contribution is 2.12. The largest absolute Gasteiger partial charge is 0.497 e. The predicted octanol–water partition coefficient (Wildman–Crippen LogP) is 2.18. The van der Waals surface area contributed by atoms with Crippen molar-refractivity contribution < 1.29 is 19.1 Å². The average molecular weight is 305 g/mol. The minimum absolute atomic E-state index is 0.0926. The summed E-state index contributed by atoms with van der Waals surface area (Å²) in [6.45, 7) is 1.39. The minimum Gasteiger partial charge on any atom is -0.497 e. The highest BCUT2D eigenvalue weighted by molar-refractivity contribution is 5.81. The molecule has 1 aromatic rings. The van der Waals surface area contributed by atoms with Crippen molar-refractivity contribution in [1.82, 2.24) is 4.90 Å². The third-order valence-electron chi connectivity index (χ3n) is 3.82. The van der Waals surface area contributed by atoms with E-state index in [-0.39, 0.29) is 24.9 Å². The van der Waals surface area contributed by atoms with E-state index in [0.717, 1.165) is 37.2 Å². The van der Waals surface area contributed by atoms with Gasteiger partial charge in [0.2, 0.25) is 0 Å². The second kappa shape index (κ2) is 8.41. The van der Waals surface area contributed by atoms with Gasteiger partial charge in [0.05, 0.1) is 13.5 Å². The van der Waals surface area contributed by atoms with Crippen LogP contribution in [-0.4, -0.2) is 43.6 Å². The van der Waals surface area contributed by atoms with E-state index >= 15 is 0 Å². The molecule has 1 aliphatic heterocycles. The molecule has 1 amide bonds. The summed E-state index contributed by atoms with van der Waals surface area (Å²) in [6.07, 6.45) is 4.57. The second-order valence-corrected chi connectivity index (χ2v) is 5.48. The van der Waals surface area contributed by atoms with Gasteiger partial charge in [-0.1, -0.05) is 25.0 Å². The van der Waals surface area contributed by atoms with Crippen LogP contribution < -0.4 is 4.74 Å². The van der Waals surface area contributed by atoms with Gasteiger partial charge in [-0.15, -0.1) is 0 Å². The molecular weight excluding hydrogens is 282 g/mol. The Morgan fingerprint density at radius 2 is 1.68 bits per heavy atom. The van der Waals surface area contributed by atoms with Crippen molar-refractivity contribution in [3.8, 4) is 5.75 Å². The number of nitrogens with zero attached hydrogens (tertiary/aromatic N) is 1. The standard InChI is InChI=1S/C17H23NO4/c1-21-15-8-6-14(7-9-15)12-17(20)22-13-16(19)18-10-4-2-3-5-11-18/h6-9H,2-5,10-13H2,1H3. The van der Waals surface area contributed by atoms with Crippen LogP contribution in [0, 0.1) is 0 Å². The molecule has 1 saturated heterocycles. The lowest BCUT2D eigenvalue weighted by Gasteiger charge is -2.19. The molecule has 5 nitrogen and oxygen atoms in total. The van der Waals surface area contributed by atoms with Crippen LogP contribution in [0.5, 0.6) is 5.75 Å². The highest BCUT2D eigenvalue weighted by atomic mass is 16.5. The van der Waals surface area contributed by atoms with E-state index in [1.807, 2.05) is 12.1 Å². The zero-order chi connectivity index (χ0) is 15.8. The van der Waals surface area contributed by atoms with E-state index in [1.54, 1.807) is 24.1 Å². The van der Waals surface area contributed by atoms with Gasteiger partial charge in [-0.2, -0.15) is 0 Å². The molecule has 0 aliphatic carbocycles. The number of hydrogen-bond acceptors (Lipinski definition) is 4. The molecule has 22 heavy (non-hydrogen) atoms. The van der Waals surface area contributed by atoms with Gasteiger partial charge in [-0.25, -0.2) is 0 Å². The Balaban J connectivity index is 1.75. The summed E-state index contributed by atoms with van der Waals surface area (Å²) in [7, 11) is 1.59. The summed E-state index contributed by atoms with van der Waals surface area (Å²) in [5, 5.41) is 0. The summed E-state index contributed by atoms with van der Waals surface area (Å²) in [5.41, 5.74) is 0.841. The number of ether oxygens (including phenoxy) is 2. The van der Waals surface area contributed by atoms with Crippen LogP contribution in [0.4, 0.5) is 0 Å². The zero-order valence-corrected chi connectivity index (χ0v) is 13.0. The quantitative estimate of drug-likeness (QED) is 0.783. The Labute approximate surface area is 131 Å². The monoisotopic (exact) mass is 305 g/mol. The Morgan fingerprint density at radius 3 is 2.27 bits per heavy atom. The summed E-state index contributed by atoms with van der Waals surface area (Å²) >= 11 is 0. The molecule has 120 valence electrons. The van der Waals surface area contributed by atoms with Gasteiger partial charge in [0.15, 0.2) is 6.61 Å². The lowest BCUT2D eigenvalue weighted by Crippen LogP contribution is -2.35. The summed E-state index contributed by atoms with van der Waals surface area (Å²) in [5.74, 6) is 0.270. The molecule has 0 radical (unpaired) electrons. The van der Waals surface area contributed by atoms with Crippen molar-refractivity contribution in [2.45, 2.75) is 32.1 Å². The number of amides is 1. The van der Waals surface area contributed by atoms with Crippen molar-refractivity contribution in [2.75, 3.05) is 26.8 Å². The number of carbonyl (C=O) groups excluding carboxylic acids is 2. The van der Waals surface area contributed by atoms with Crippen molar-refractivity contribution in [2.24, 2.45) is 0 Å². The first-order valence-corrected chi connectivity index (χ1v) is 7.75. The van der Waals surface area contributed by atoms with Gasteiger partial charge in [0, 0.05) is 13.1 Å². The van der Waals surface area contributed by atoms with Crippen LogP contribution in [-0.2, 0) is 20.7 Å². The van der Waals surface area contributed by atoms with E-state index < -0.39 is 0 Å². The van der Waals surface area contributed by atoms with E-state index in [9.17, 15) is 9.59 Å². The third-order valence-corrected chi connectivity index (χ3v) is 3.82. The van der Waals surface area contributed by atoms with Crippen LogP contribution in [0.2, 0.25) is 0 Å². The van der Waals surface area contributed by atoms with Gasteiger partial charge in [0.25, 0.3) is 5.91 Å². The van der Waals surface area contributed by atoms with Crippen LogP contribution in [0.1, 0.15) is 31.2 Å². The first kappa shape index (κ1) is 16.3. The Hall–Kier alpha value is -2.04. The fourth-order valence-corrected chi connectivity index (χ4v) is 2.51. The molecular formula is C17H23NO4. The maximum Gasteiger partial charge on any atom is 0.310 e. The second-order valence-electron chi connectivity index (χ2n) is 5.48. The first-order valence-electron chi connectivity index (χ1n) is 7.75. The fourth-order valence-electron chi connectivity index (χ4n) is 2.51. The Kier molecular flexibility index (Phi) is 6.25. The van der Waals surface area contributed by atoms with Crippen molar-refractivity contribution in [3.05, 3.63) is 29.8 Å². The van der Waals surface area contributed by atoms with Gasteiger partial charge >= 0.3 is 5.97 Å². The number of esters is 1. The SMILES string of the molecule is COc1ccc(CC(=O)OCC(=O)N2CCCCCC2)cc1. The maximum absolute atomic E-state index is 12.0. The van der Waals surface area contributed by atoms with Crippen LogP contribution >= 0.6 is 0 Å². The Bertz CT molecular complexity index is 490. The molecule has 1 aromatic carbocycles. The molecule has 0 aromatic heterocycles. The molecule has 2 rings (SSSR count). The Morgan fingerprint density at radius 1 is 1.05 bits per heavy atom. The predicted molar refractivity (Wildman–Crippen MR) is 82.7 cm³/mol. The topological polar surface area (TPSA) is 55.8 Å². The number of hydrogen-bond donors (Lipinski definition) is 0. The normalized spacial score (nSPS) is 15.0. The molecule has 0 saturated carbocycles. The summed E-state index contributed by atoms with van der Waals surface area (Å²) < 4.78 is 10.2. The lowest BCUT2D eigenvalue weighted by molar-refractivity contribution is -0.151. The van der Waals surface area contributed by atoms with E-state index in [4.69, 9.17) is 9.47 Å². The fraction of sp³-hybridized carbons (Fsp3) is 0.529. The van der Waals surface area contributed by atoms with Crippen molar-refractivity contribution in [1.29, 1.82) is 0 Å².